The van der Waals surface area contributed by atoms with Crippen molar-refractivity contribution < 1.29 is 18.8 Å². The third kappa shape index (κ3) is 5.29. The van der Waals surface area contributed by atoms with E-state index in [-0.39, 0.29) is 30.6 Å². The SMILES string of the molecule is CC(C)c1cc(C(=O)N2CCC[C@](COc3cccc(Cl)c3)(CC(N)=O)C2)on1. The molecule has 29 heavy (non-hydrogen) atoms. The molecule has 1 saturated heterocycles. The number of primary amides is 1. The molecule has 156 valence electrons. The van der Waals surface area contributed by atoms with Gasteiger partial charge in [0.2, 0.25) is 11.7 Å². The van der Waals surface area contributed by atoms with Gasteiger partial charge in [-0.3, -0.25) is 9.59 Å². The van der Waals surface area contributed by atoms with Crippen LogP contribution >= 0.6 is 11.6 Å². The molecule has 2 heterocycles. The average Bonchev–Trinajstić information content (AvgIpc) is 3.16. The number of piperidine rings is 1. The quantitative estimate of drug-likeness (QED) is 0.738. The van der Waals surface area contributed by atoms with Gasteiger partial charge in [-0.15, -0.1) is 0 Å². The lowest BCUT2D eigenvalue weighted by atomic mass is 9.77. The zero-order chi connectivity index (χ0) is 21.0. The maximum absolute atomic E-state index is 12.9. The van der Waals surface area contributed by atoms with E-state index >= 15 is 0 Å². The van der Waals surface area contributed by atoms with Crippen LogP contribution in [-0.4, -0.2) is 41.6 Å². The molecular formula is C21H26ClN3O4. The lowest BCUT2D eigenvalue weighted by molar-refractivity contribution is -0.122. The van der Waals surface area contributed by atoms with Crippen LogP contribution < -0.4 is 10.5 Å². The molecule has 2 amide bonds. The highest BCUT2D eigenvalue weighted by Gasteiger charge is 2.40. The summed E-state index contributed by atoms with van der Waals surface area (Å²) in [6, 6.07) is 8.76. The molecule has 0 unspecified atom stereocenters. The predicted molar refractivity (Wildman–Crippen MR) is 109 cm³/mol. The molecule has 0 aliphatic carbocycles. The molecule has 1 fully saturated rings. The van der Waals surface area contributed by atoms with Gasteiger partial charge in [0.1, 0.15) is 5.75 Å². The lowest BCUT2D eigenvalue weighted by Crippen LogP contribution is -2.50. The summed E-state index contributed by atoms with van der Waals surface area (Å²) in [7, 11) is 0. The van der Waals surface area contributed by atoms with Crippen LogP contribution in [0.4, 0.5) is 0 Å². The van der Waals surface area contributed by atoms with E-state index < -0.39 is 11.3 Å². The number of likely N-dealkylation sites (tertiary alicyclic amines) is 1. The Labute approximate surface area is 175 Å². The van der Waals surface area contributed by atoms with Crippen molar-refractivity contribution in [2.75, 3.05) is 19.7 Å². The number of carbonyl (C=O) groups is 2. The summed E-state index contributed by atoms with van der Waals surface area (Å²) in [5.74, 6) is 0.332. The molecule has 0 spiro atoms. The van der Waals surface area contributed by atoms with Crippen molar-refractivity contribution in [2.45, 2.75) is 39.0 Å². The zero-order valence-electron chi connectivity index (χ0n) is 16.7. The van der Waals surface area contributed by atoms with Gasteiger partial charge in [0.05, 0.1) is 12.3 Å². The summed E-state index contributed by atoms with van der Waals surface area (Å²) in [5.41, 5.74) is 5.69. The Morgan fingerprint density at radius 1 is 1.38 bits per heavy atom. The summed E-state index contributed by atoms with van der Waals surface area (Å²) in [6.07, 6.45) is 1.60. The van der Waals surface area contributed by atoms with Gasteiger partial charge in [0.15, 0.2) is 0 Å². The highest BCUT2D eigenvalue weighted by molar-refractivity contribution is 6.30. The van der Waals surface area contributed by atoms with Crippen molar-refractivity contribution in [1.82, 2.24) is 10.1 Å². The van der Waals surface area contributed by atoms with E-state index in [1.165, 1.54) is 0 Å². The Morgan fingerprint density at radius 3 is 2.83 bits per heavy atom. The van der Waals surface area contributed by atoms with Crippen LogP contribution in [0.3, 0.4) is 0 Å². The summed E-state index contributed by atoms with van der Waals surface area (Å²) in [6.45, 7) is 5.16. The average molecular weight is 420 g/mol. The minimum absolute atomic E-state index is 0.130. The van der Waals surface area contributed by atoms with Gasteiger partial charge in [-0.05, 0) is 37.0 Å². The van der Waals surface area contributed by atoms with E-state index in [1.54, 1.807) is 35.2 Å². The fourth-order valence-corrected chi connectivity index (χ4v) is 3.86. The predicted octanol–water partition coefficient (Wildman–Crippen LogP) is 3.63. The van der Waals surface area contributed by atoms with E-state index in [4.69, 9.17) is 26.6 Å². The Balaban J connectivity index is 1.75. The van der Waals surface area contributed by atoms with Crippen LogP contribution in [-0.2, 0) is 4.79 Å². The Morgan fingerprint density at radius 2 is 2.17 bits per heavy atom. The highest BCUT2D eigenvalue weighted by Crippen LogP contribution is 2.35. The zero-order valence-corrected chi connectivity index (χ0v) is 17.4. The third-order valence-corrected chi connectivity index (χ3v) is 5.40. The second kappa shape index (κ2) is 8.86. The summed E-state index contributed by atoms with van der Waals surface area (Å²) in [5, 5.41) is 4.53. The molecule has 7 nitrogen and oxygen atoms in total. The summed E-state index contributed by atoms with van der Waals surface area (Å²) in [4.78, 5) is 26.4. The van der Waals surface area contributed by atoms with Gasteiger partial charge < -0.3 is 19.9 Å². The number of halogens is 1. The molecule has 3 rings (SSSR count). The maximum Gasteiger partial charge on any atom is 0.292 e. The van der Waals surface area contributed by atoms with Crippen LogP contribution in [0.2, 0.25) is 5.02 Å². The number of hydrogen-bond acceptors (Lipinski definition) is 5. The van der Waals surface area contributed by atoms with Gasteiger partial charge in [-0.2, -0.15) is 0 Å². The van der Waals surface area contributed by atoms with E-state index in [0.717, 1.165) is 18.5 Å². The smallest absolute Gasteiger partial charge is 0.292 e. The monoisotopic (exact) mass is 419 g/mol. The molecule has 2 N–H and O–H groups in total. The van der Waals surface area contributed by atoms with E-state index in [9.17, 15) is 9.59 Å². The van der Waals surface area contributed by atoms with Gasteiger partial charge in [-0.25, -0.2) is 0 Å². The fraction of sp³-hybridized carbons (Fsp3) is 0.476. The van der Waals surface area contributed by atoms with Gasteiger partial charge in [0, 0.05) is 36.0 Å². The molecule has 8 heteroatoms. The molecular weight excluding hydrogens is 394 g/mol. The van der Waals surface area contributed by atoms with Crippen LogP contribution in [0.25, 0.3) is 0 Å². The van der Waals surface area contributed by atoms with Gasteiger partial charge in [0.25, 0.3) is 5.91 Å². The number of aromatic nitrogens is 1. The highest BCUT2D eigenvalue weighted by atomic mass is 35.5. The van der Waals surface area contributed by atoms with Gasteiger partial charge in [-0.1, -0.05) is 36.7 Å². The number of carbonyl (C=O) groups excluding carboxylic acids is 2. The number of nitrogens with zero attached hydrogens (tertiary/aromatic N) is 2. The van der Waals surface area contributed by atoms with Gasteiger partial charge >= 0.3 is 0 Å². The number of amides is 2. The number of rotatable bonds is 7. The first-order chi connectivity index (χ1) is 13.8. The van der Waals surface area contributed by atoms with Crippen LogP contribution in [0, 0.1) is 5.41 Å². The van der Waals surface area contributed by atoms with Crippen molar-refractivity contribution in [1.29, 1.82) is 0 Å². The van der Waals surface area contributed by atoms with E-state index in [2.05, 4.69) is 5.16 Å². The molecule has 1 aromatic heterocycles. The topological polar surface area (TPSA) is 98.7 Å². The first-order valence-corrected chi connectivity index (χ1v) is 10.1. The molecule has 0 saturated carbocycles. The number of benzene rings is 1. The minimum atomic E-state index is -0.567. The molecule has 1 atom stereocenters. The van der Waals surface area contributed by atoms with Crippen molar-refractivity contribution in [3.8, 4) is 5.75 Å². The summed E-state index contributed by atoms with van der Waals surface area (Å²) >= 11 is 6.02. The van der Waals surface area contributed by atoms with Crippen LogP contribution in [0.1, 0.15) is 55.3 Å². The van der Waals surface area contributed by atoms with Crippen molar-refractivity contribution in [2.24, 2.45) is 11.1 Å². The lowest BCUT2D eigenvalue weighted by Gasteiger charge is -2.41. The fourth-order valence-electron chi connectivity index (χ4n) is 3.67. The van der Waals surface area contributed by atoms with Crippen molar-refractivity contribution >= 4 is 23.4 Å². The first kappa shape index (κ1) is 21.2. The Bertz CT molecular complexity index is 882. The Kier molecular flexibility index (Phi) is 6.47. The normalized spacial score (nSPS) is 19.4. The maximum atomic E-state index is 12.9. The summed E-state index contributed by atoms with van der Waals surface area (Å²) < 4.78 is 11.2. The largest absolute Gasteiger partial charge is 0.493 e. The second-order valence-electron chi connectivity index (χ2n) is 7.99. The van der Waals surface area contributed by atoms with Crippen LogP contribution in [0.15, 0.2) is 34.9 Å². The second-order valence-corrected chi connectivity index (χ2v) is 8.43. The molecule has 0 bridgehead atoms. The van der Waals surface area contributed by atoms with Crippen LogP contribution in [0.5, 0.6) is 5.75 Å². The molecule has 1 aromatic carbocycles. The van der Waals surface area contributed by atoms with E-state index in [1.807, 2.05) is 13.8 Å². The number of hydrogen-bond donors (Lipinski definition) is 1. The van der Waals surface area contributed by atoms with Crippen molar-refractivity contribution in [3.05, 3.63) is 46.8 Å². The molecule has 2 aromatic rings. The first-order valence-electron chi connectivity index (χ1n) is 9.70. The Hall–Kier alpha value is -2.54. The molecule has 0 radical (unpaired) electrons. The van der Waals surface area contributed by atoms with E-state index in [0.29, 0.717) is 23.9 Å². The standard InChI is InChI=1S/C21H26ClN3O4/c1-14(2)17-10-18(29-24-17)20(27)25-8-4-7-21(12-25,11-19(23)26)13-28-16-6-3-5-15(22)9-16/h3,5-6,9-10,14H,4,7-8,11-13H2,1-2H3,(H2,23,26)/t21-/m0/s1. The molecule has 1 aliphatic rings. The number of nitrogens with two attached hydrogens (primary N) is 1. The molecule has 1 aliphatic heterocycles. The number of ether oxygens (including phenoxy) is 1. The third-order valence-electron chi connectivity index (χ3n) is 5.17. The minimum Gasteiger partial charge on any atom is -0.493 e. The van der Waals surface area contributed by atoms with Crippen molar-refractivity contribution in [3.63, 3.8) is 0 Å².